The third kappa shape index (κ3) is 3.06. The Labute approximate surface area is 126 Å². The molecule has 2 heteroatoms. The number of hydrogen-bond donors (Lipinski definition) is 1. The van der Waals surface area contributed by atoms with Crippen LogP contribution >= 0.6 is 0 Å². The van der Waals surface area contributed by atoms with Crippen molar-refractivity contribution in [1.29, 1.82) is 0 Å². The first-order valence-corrected chi connectivity index (χ1v) is 7.55. The van der Waals surface area contributed by atoms with E-state index in [-0.39, 0.29) is 5.78 Å². The van der Waals surface area contributed by atoms with Gasteiger partial charge in [0.25, 0.3) is 0 Å². The van der Waals surface area contributed by atoms with Gasteiger partial charge >= 0.3 is 0 Å². The molecule has 0 unspecified atom stereocenters. The zero-order valence-electron chi connectivity index (χ0n) is 12.7. The largest absolute Gasteiger partial charge is 0.312 e. The van der Waals surface area contributed by atoms with Crippen LogP contribution in [0.4, 0.5) is 0 Å². The summed E-state index contributed by atoms with van der Waals surface area (Å²) in [6, 6.07) is 12.5. The van der Waals surface area contributed by atoms with Crippen LogP contribution in [0.1, 0.15) is 38.2 Å². The maximum atomic E-state index is 12.5. The smallest absolute Gasteiger partial charge is 0.167 e. The van der Waals surface area contributed by atoms with E-state index in [1.165, 1.54) is 22.3 Å². The highest BCUT2D eigenvalue weighted by Crippen LogP contribution is 2.19. The summed E-state index contributed by atoms with van der Waals surface area (Å²) in [5.74, 6) is 0.206. The molecule has 0 bridgehead atoms. The molecule has 0 fully saturated rings. The predicted octanol–water partition coefficient (Wildman–Crippen LogP) is 3.37. The fourth-order valence-corrected chi connectivity index (χ4v) is 2.92. The van der Waals surface area contributed by atoms with Crippen molar-refractivity contribution in [1.82, 2.24) is 5.32 Å². The lowest BCUT2D eigenvalue weighted by atomic mass is 9.94. The van der Waals surface area contributed by atoms with Gasteiger partial charge in [-0.3, -0.25) is 4.79 Å². The minimum absolute atomic E-state index is 0.206. The molecule has 2 aromatic carbocycles. The number of carbonyl (C=O) groups excluding carboxylic acids is 1. The molecule has 108 valence electrons. The van der Waals surface area contributed by atoms with E-state index in [2.05, 4.69) is 49.5 Å². The Bertz CT molecular complexity index is 688. The molecular formula is C19H21NO. The van der Waals surface area contributed by atoms with Gasteiger partial charge in [-0.25, -0.2) is 0 Å². The Morgan fingerprint density at radius 2 is 1.95 bits per heavy atom. The lowest BCUT2D eigenvalue weighted by molar-refractivity contribution is 0.0992. The van der Waals surface area contributed by atoms with Gasteiger partial charge in [0, 0.05) is 18.5 Å². The number of ketones is 1. The van der Waals surface area contributed by atoms with Crippen LogP contribution in [0.3, 0.4) is 0 Å². The number of nitrogens with one attached hydrogen (secondary N) is 1. The van der Waals surface area contributed by atoms with E-state index in [9.17, 15) is 4.79 Å². The molecule has 0 spiro atoms. The van der Waals surface area contributed by atoms with Crippen molar-refractivity contribution in [2.45, 2.75) is 33.2 Å². The summed E-state index contributed by atoms with van der Waals surface area (Å²) in [5, 5.41) is 3.36. The molecule has 0 aliphatic carbocycles. The van der Waals surface area contributed by atoms with Crippen molar-refractivity contribution in [2.24, 2.45) is 0 Å². The van der Waals surface area contributed by atoms with Crippen LogP contribution in [-0.2, 0) is 19.4 Å². The highest BCUT2D eigenvalue weighted by molar-refractivity contribution is 5.98. The highest BCUT2D eigenvalue weighted by Gasteiger charge is 2.13. The number of fused-ring (bicyclic) bond motifs is 1. The first-order chi connectivity index (χ1) is 10.1. The van der Waals surface area contributed by atoms with Crippen molar-refractivity contribution in [3.63, 3.8) is 0 Å². The number of carbonyl (C=O) groups is 1. The molecule has 1 aliphatic rings. The first kappa shape index (κ1) is 14.0. The van der Waals surface area contributed by atoms with Crippen LogP contribution < -0.4 is 5.32 Å². The summed E-state index contributed by atoms with van der Waals surface area (Å²) in [6.07, 6.45) is 1.54. The third-order valence-electron chi connectivity index (χ3n) is 4.27. The van der Waals surface area contributed by atoms with Crippen molar-refractivity contribution in [3.05, 3.63) is 69.8 Å². The van der Waals surface area contributed by atoms with Gasteiger partial charge in [-0.05, 0) is 55.1 Å². The molecule has 3 rings (SSSR count). The molecule has 21 heavy (non-hydrogen) atoms. The molecule has 0 amide bonds. The second kappa shape index (κ2) is 5.82. The molecule has 0 saturated heterocycles. The Morgan fingerprint density at radius 1 is 1.10 bits per heavy atom. The number of Topliss-reactive ketones (excluding diaryl/α,β-unsaturated/α-hetero) is 1. The van der Waals surface area contributed by atoms with E-state index in [0.717, 1.165) is 30.6 Å². The summed E-state index contributed by atoms with van der Waals surface area (Å²) in [7, 11) is 0. The number of hydrogen-bond acceptors (Lipinski definition) is 2. The molecule has 1 N–H and O–H groups in total. The highest BCUT2D eigenvalue weighted by atomic mass is 16.1. The standard InChI is InChI=1S/C19H21NO/c1-13-3-4-14(2)17(9-13)11-19(21)16-6-5-15-7-8-20-12-18(15)10-16/h3-6,9-10,20H,7-8,11-12H2,1-2H3. The lowest BCUT2D eigenvalue weighted by Crippen LogP contribution is -2.24. The SMILES string of the molecule is Cc1ccc(C)c(CC(=O)c2ccc3c(c2)CNCC3)c1. The number of benzene rings is 2. The Kier molecular flexibility index (Phi) is 3.89. The average Bonchev–Trinajstić information content (AvgIpc) is 2.50. The van der Waals surface area contributed by atoms with Gasteiger partial charge in [-0.15, -0.1) is 0 Å². The van der Waals surface area contributed by atoms with Gasteiger partial charge in [0.2, 0.25) is 0 Å². The van der Waals surface area contributed by atoms with Crippen molar-refractivity contribution in [3.8, 4) is 0 Å². The minimum atomic E-state index is 0.206. The Hall–Kier alpha value is -1.93. The van der Waals surface area contributed by atoms with E-state index in [1.54, 1.807) is 0 Å². The molecule has 0 aromatic heterocycles. The van der Waals surface area contributed by atoms with Crippen LogP contribution in [0.15, 0.2) is 36.4 Å². The first-order valence-electron chi connectivity index (χ1n) is 7.55. The second-order valence-corrected chi connectivity index (χ2v) is 5.94. The van der Waals surface area contributed by atoms with Gasteiger partial charge in [-0.2, -0.15) is 0 Å². The van der Waals surface area contributed by atoms with Crippen molar-refractivity contribution in [2.75, 3.05) is 6.54 Å². The summed E-state index contributed by atoms with van der Waals surface area (Å²) in [5.41, 5.74) is 7.01. The molecule has 2 aromatic rings. The fraction of sp³-hybridized carbons (Fsp3) is 0.316. The third-order valence-corrected chi connectivity index (χ3v) is 4.27. The molecule has 2 nitrogen and oxygen atoms in total. The Morgan fingerprint density at radius 3 is 2.81 bits per heavy atom. The summed E-state index contributed by atoms with van der Waals surface area (Å²) in [4.78, 5) is 12.5. The minimum Gasteiger partial charge on any atom is -0.312 e. The van der Waals surface area contributed by atoms with Gasteiger partial charge in [-0.1, -0.05) is 35.9 Å². The summed E-state index contributed by atoms with van der Waals surface area (Å²) in [6.45, 7) is 6.04. The molecule has 1 aliphatic heterocycles. The van der Waals surface area contributed by atoms with E-state index < -0.39 is 0 Å². The Balaban J connectivity index is 1.83. The number of rotatable bonds is 3. The van der Waals surface area contributed by atoms with Crippen LogP contribution in [0, 0.1) is 13.8 Å². The van der Waals surface area contributed by atoms with Crippen molar-refractivity contribution < 1.29 is 4.79 Å². The summed E-state index contributed by atoms with van der Waals surface area (Å²) >= 11 is 0. The molecule has 0 radical (unpaired) electrons. The van der Waals surface area contributed by atoms with Crippen LogP contribution in [0.2, 0.25) is 0 Å². The van der Waals surface area contributed by atoms with Crippen LogP contribution in [0.25, 0.3) is 0 Å². The van der Waals surface area contributed by atoms with E-state index >= 15 is 0 Å². The lowest BCUT2D eigenvalue weighted by Gasteiger charge is -2.17. The molecule has 0 atom stereocenters. The topological polar surface area (TPSA) is 29.1 Å². The van der Waals surface area contributed by atoms with E-state index in [1.807, 2.05) is 6.07 Å². The van der Waals surface area contributed by atoms with Gasteiger partial charge < -0.3 is 5.32 Å². The molecule has 1 heterocycles. The van der Waals surface area contributed by atoms with Gasteiger partial charge in [0.1, 0.15) is 0 Å². The van der Waals surface area contributed by atoms with Gasteiger partial charge in [0.05, 0.1) is 0 Å². The monoisotopic (exact) mass is 279 g/mol. The number of aryl methyl sites for hydroxylation is 2. The maximum absolute atomic E-state index is 12.5. The van der Waals surface area contributed by atoms with E-state index in [4.69, 9.17) is 0 Å². The zero-order chi connectivity index (χ0) is 14.8. The average molecular weight is 279 g/mol. The van der Waals surface area contributed by atoms with E-state index in [0.29, 0.717) is 6.42 Å². The zero-order valence-corrected chi connectivity index (χ0v) is 12.7. The van der Waals surface area contributed by atoms with Crippen molar-refractivity contribution >= 4 is 5.78 Å². The maximum Gasteiger partial charge on any atom is 0.167 e. The quantitative estimate of drug-likeness (QED) is 0.873. The van der Waals surface area contributed by atoms with Crippen LogP contribution in [0.5, 0.6) is 0 Å². The molecular weight excluding hydrogens is 258 g/mol. The predicted molar refractivity (Wildman–Crippen MR) is 85.8 cm³/mol. The normalized spacial score (nSPS) is 13.8. The molecule has 0 saturated carbocycles. The van der Waals surface area contributed by atoms with Crippen LogP contribution in [-0.4, -0.2) is 12.3 Å². The summed E-state index contributed by atoms with van der Waals surface area (Å²) < 4.78 is 0. The van der Waals surface area contributed by atoms with Gasteiger partial charge in [0.15, 0.2) is 5.78 Å². The fourth-order valence-electron chi connectivity index (χ4n) is 2.92. The second-order valence-electron chi connectivity index (χ2n) is 5.94.